The van der Waals surface area contributed by atoms with Crippen LogP contribution in [0.3, 0.4) is 0 Å². The number of nitrogens with zero attached hydrogens (tertiary/aromatic N) is 3. The van der Waals surface area contributed by atoms with E-state index < -0.39 is 53.0 Å². The van der Waals surface area contributed by atoms with E-state index in [0.717, 1.165) is 19.3 Å². The summed E-state index contributed by atoms with van der Waals surface area (Å²) in [7, 11) is 0. The van der Waals surface area contributed by atoms with Crippen molar-refractivity contribution in [1.29, 1.82) is 0 Å². The topological polar surface area (TPSA) is 143 Å². The number of likely N-dealkylation sites (tertiary alicyclic amines) is 1. The number of aromatic nitrogens is 2. The van der Waals surface area contributed by atoms with Crippen LogP contribution in [0.1, 0.15) is 83.4 Å². The maximum Gasteiger partial charge on any atom is 0.315 e. The molecule has 4 atom stereocenters. The van der Waals surface area contributed by atoms with Gasteiger partial charge in [0, 0.05) is 35.8 Å². The van der Waals surface area contributed by atoms with E-state index in [9.17, 15) is 19.2 Å². The monoisotopic (exact) mass is 646 g/mol. The number of hydrogen-bond donors (Lipinski definition) is 3. The van der Waals surface area contributed by atoms with E-state index in [1.54, 1.807) is 23.7 Å². The van der Waals surface area contributed by atoms with Crippen LogP contribution in [-0.2, 0) is 9.59 Å². The van der Waals surface area contributed by atoms with Crippen molar-refractivity contribution in [3.05, 3.63) is 39.9 Å². The Labute approximate surface area is 267 Å². The molecule has 44 heavy (non-hydrogen) atoms. The van der Waals surface area contributed by atoms with Crippen LogP contribution < -0.4 is 20.7 Å². The van der Waals surface area contributed by atoms with Gasteiger partial charge in [0.1, 0.15) is 18.2 Å². The van der Waals surface area contributed by atoms with Gasteiger partial charge < -0.3 is 25.6 Å². The maximum atomic E-state index is 14.2. The van der Waals surface area contributed by atoms with E-state index in [4.69, 9.17) is 16.3 Å². The highest BCUT2D eigenvalue weighted by Crippen LogP contribution is 2.32. The molecule has 1 aliphatic carbocycles. The quantitative estimate of drug-likeness (QED) is 0.320. The number of amides is 4. The van der Waals surface area contributed by atoms with Crippen LogP contribution in [0.15, 0.2) is 29.9 Å². The molecule has 3 heterocycles. The van der Waals surface area contributed by atoms with Crippen LogP contribution in [0.5, 0.6) is 5.88 Å². The number of nitrogens with one attached hydrogen (secondary N) is 3. The predicted molar refractivity (Wildman–Crippen MR) is 169 cm³/mol. The van der Waals surface area contributed by atoms with Crippen molar-refractivity contribution in [3.63, 3.8) is 0 Å². The zero-order valence-electron chi connectivity index (χ0n) is 26.2. The van der Waals surface area contributed by atoms with E-state index in [1.165, 1.54) is 22.4 Å². The number of halogens is 1. The number of hydrogen-bond acceptors (Lipinski definition) is 8. The lowest BCUT2D eigenvalue weighted by molar-refractivity contribution is -0.142. The number of rotatable bonds is 10. The molecule has 4 rings (SSSR count). The highest BCUT2D eigenvalue weighted by Gasteiger charge is 2.46. The Morgan fingerprint density at radius 3 is 2.36 bits per heavy atom. The Morgan fingerprint density at radius 1 is 1.09 bits per heavy atom. The molecule has 11 nitrogen and oxygen atoms in total. The Kier molecular flexibility index (Phi) is 10.6. The lowest BCUT2D eigenvalue weighted by Crippen LogP contribution is -2.61. The van der Waals surface area contributed by atoms with Gasteiger partial charge in [-0.2, -0.15) is 0 Å². The molecule has 240 valence electrons. The van der Waals surface area contributed by atoms with Gasteiger partial charge in [-0.05, 0) is 44.6 Å². The number of ether oxygens (including phenoxy) is 1. The molecule has 0 bridgehead atoms. The Morgan fingerprint density at radius 2 is 1.82 bits per heavy atom. The third-order valence-electron chi connectivity index (χ3n) is 7.78. The first kappa shape index (κ1) is 33.6. The van der Waals surface area contributed by atoms with Gasteiger partial charge in [0.25, 0.3) is 0 Å². The number of carbonyl (C=O) groups is 4. The van der Waals surface area contributed by atoms with Crippen molar-refractivity contribution in [2.75, 3.05) is 6.54 Å². The summed E-state index contributed by atoms with van der Waals surface area (Å²) in [4.78, 5) is 64.4. The highest BCUT2D eigenvalue weighted by atomic mass is 35.5. The number of pyridine rings is 1. The minimum atomic E-state index is -0.949. The minimum Gasteiger partial charge on any atom is -0.472 e. The molecular formula is C31H43ClN6O5S. The number of urea groups is 1. The molecule has 2 aromatic rings. The average Bonchev–Trinajstić information content (AvgIpc) is 3.58. The molecule has 1 aliphatic heterocycles. The first-order valence-corrected chi connectivity index (χ1v) is 16.3. The predicted octanol–water partition coefficient (Wildman–Crippen LogP) is 4.61. The zero-order chi connectivity index (χ0) is 32.2. The van der Waals surface area contributed by atoms with Crippen molar-refractivity contribution < 1.29 is 23.9 Å². The summed E-state index contributed by atoms with van der Waals surface area (Å²) in [6.07, 6.45) is 6.26. The molecule has 1 saturated carbocycles. The number of ketones is 1. The van der Waals surface area contributed by atoms with E-state index in [0.29, 0.717) is 28.2 Å². The highest BCUT2D eigenvalue weighted by molar-refractivity contribution is 7.11. The second-order valence-corrected chi connectivity index (χ2v) is 15.1. The van der Waals surface area contributed by atoms with Gasteiger partial charge in [0.15, 0.2) is 5.01 Å². The lowest BCUT2D eigenvalue weighted by Gasteiger charge is -2.36. The third kappa shape index (κ3) is 8.90. The second-order valence-electron chi connectivity index (χ2n) is 13.7. The summed E-state index contributed by atoms with van der Waals surface area (Å²) in [6, 6.07) is 0.135. The fourth-order valence-corrected chi connectivity index (χ4v) is 6.10. The van der Waals surface area contributed by atoms with E-state index in [-0.39, 0.29) is 18.7 Å². The number of thiazole rings is 1. The Balaban J connectivity index is 1.59. The van der Waals surface area contributed by atoms with Gasteiger partial charge in [-0.1, -0.05) is 51.6 Å². The molecule has 2 aliphatic rings. The molecule has 0 spiro atoms. The number of Topliss-reactive ketones (excluding diaryl/α,β-unsaturated/α-hetero) is 1. The van der Waals surface area contributed by atoms with E-state index in [1.807, 2.05) is 41.5 Å². The summed E-state index contributed by atoms with van der Waals surface area (Å²) in [6.45, 7) is 11.2. The summed E-state index contributed by atoms with van der Waals surface area (Å²) in [5.41, 5.74) is -1.20. The molecule has 0 aromatic carbocycles. The minimum absolute atomic E-state index is 0.0874. The average molecular weight is 647 g/mol. The summed E-state index contributed by atoms with van der Waals surface area (Å²) in [5.74, 6) is -0.450. The smallest absolute Gasteiger partial charge is 0.315 e. The van der Waals surface area contributed by atoms with Crippen LogP contribution in [0.2, 0.25) is 5.02 Å². The van der Waals surface area contributed by atoms with Crippen molar-refractivity contribution in [2.24, 2.45) is 11.3 Å². The van der Waals surface area contributed by atoms with Gasteiger partial charge in [-0.25, -0.2) is 14.8 Å². The van der Waals surface area contributed by atoms with Gasteiger partial charge >= 0.3 is 6.03 Å². The fourth-order valence-electron chi connectivity index (χ4n) is 5.36. The van der Waals surface area contributed by atoms with E-state index >= 15 is 0 Å². The van der Waals surface area contributed by atoms with Crippen molar-refractivity contribution in [3.8, 4) is 5.88 Å². The Hall–Kier alpha value is -3.25. The molecule has 2 fully saturated rings. The molecule has 1 unspecified atom stereocenters. The molecule has 1 saturated heterocycles. The first-order chi connectivity index (χ1) is 20.6. The van der Waals surface area contributed by atoms with Crippen LogP contribution in [0, 0.1) is 11.3 Å². The van der Waals surface area contributed by atoms with Crippen molar-refractivity contribution >= 4 is 46.6 Å². The van der Waals surface area contributed by atoms with Crippen molar-refractivity contribution in [2.45, 2.75) is 103 Å². The summed E-state index contributed by atoms with van der Waals surface area (Å²) >= 11 is 7.22. The van der Waals surface area contributed by atoms with Crippen LogP contribution in [0.4, 0.5) is 4.79 Å². The summed E-state index contributed by atoms with van der Waals surface area (Å²) < 4.78 is 6.09. The molecule has 2 aromatic heterocycles. The molecule has 0 radical (unpaired) electrons. The van der Waals surface area contributed by atoms with E-state index in [2.05, 4.69) is 25.9 Å². The van der Waals surface area contributed by atoms with Gasteiger partial charge in [0.05, 0.1) is 17.6 Å². The maximum absolute atomic E-state index is 14.2. The second kappa shape index (κ2) is 13.8. The normalized spacial score (nSPS) is 20.3. The first-order valence-electron chi connectivity index (χ1n) is 15.0. The van der Waals surface area contributed by atoms with Gasteiger partial charge in [-0.3, -0.25) is 14.4 Å². The fraction of sp³-hybridized carbons (Fsp3) is 0.613. The molecule has 3 N–H and O–H groups in total. The lowest BCUT2D eigenvalue weighted by atomic mass is 9.80. The zero-order valence-corrected chi connectivity index (χ0v) is 27.8. The molecule has 13 heteroatoms. The summed E-state index contributed by atoms with van der Waals surface area (Å²) in [5, 5.41) is 11.2. The molecule has 4 amide bonds. The SMILES string of the molecule is CC(C)(C)NC(=O)N[C@@H](C(=O)N1C[C@H](Oc2ccc(Cl)cn2)C[C@@H]1C(=O)NC(CC1CCC1)C(=O)c1nccs1)C(C)(C)C. The standard InChI is InChI=1S/C31H43ClN6O5S/c1-30(2,3)25(36-29(42)37-31(4,5)6)28(41)38-17-20(43-23-11-10-19(32)16-34-23)15-22(38)26(40)35-21(14-18-8-7-9-18)24(39)27-33-12-13-44-27/h10-13,16,18,20-22,25H,7-9,14-15,17H2,1-6H3,(H,35,40)(H2,36,37,42)/t20-,21?,22-,25+/m1/s1. The van der Waals surface area contributed by atoms with Gasteiger partial charge in [-0.15, -0.1) is 11.3 Å². The van der Waals surface area contributed by atoms with Crippen LogP contribution in [0.25, 0.3) is 0 Å². The van der Waals surface area contributed by atoms with Crippen LogP contribution in [-0.4, -0.2) is 74.8 Å². The third-order valence-corrected chi connectivity index (χ3v) is 8.79. The number of carbonyl (C=O) groups excluding carboxylic acids is 4. The largest absolute Gasteiger partial charge is 0.472 e. The van der Waals surface area contributed by atoms with Gasteiger partial charge in [0.2, 0.25) is 23.5 Å². The van der Waals surface area contributed by atoms with Crippen LogP contribution >= 0.6 is 22.9 Å². The Bertz CT molecular complexity index is 1320. The molecular weight excluding hydrogens is 604 g/mol. The van der Waals surface area contributed by atoms with Crippen molar-refractivity contribution in [1.82, 2.24) is 30.8 Å².